The van der Waals surface area contributed by atoms with Crippen molar-refractivity contribution in [1.82, 2.24) is 5.32 Å². The molecule has 0 bridgehead atoms. The van der Waals surface area contributed by atoms with Gasteiger partial charge in [-0.15, -0.1) is 0 Å². The van der Waals surface area contributed by atoms with Crippen molar-refractivity contribution < 1.29 is 14.7 Å². The highest BCUT2D eigenvalue weighted by molar-refractivity contribution is 6.30. The fourth-order valence-electron chi connectivity index (χ4n) is 1.42. The first-order valence-electron chi connectivity index (χ1n) is 5.82. The Bertz CT molecular complexity index is 490. The molecule has 1 rings (SSSR count). The molecule has 102 valence electrons. The number of halogens is 1. The Hall–Kier alpha value is -1.81. The lowest BCUT2D eigenvalue weighted by atomic mass is 10.1. The molecule has 5 heteroatoms. The number of rotatable bonds is 5. The van der Waals surface area contributed by atoms with Crippen molar-refractivity contribution in [3.05, 3.63) is 46.5 Å². The number of amides is 1. The van der Waals surface area contributed by atoms with Crippen molar-refractivity contribution in [2.75, 3.05) is 0 Å². The van der Waals surface area contributed by atoms with Gasteiger partial charge in [-0.25, -0.2) is 4.79 Å². The van der Waals surface area contributed by atoms with E-state index in [1.54, 1.807) is 30.3 Å². The van der Waals surface area contributed by atoms with Gasteiger partial charge in [0.1, 0.15) is 6.04 Å². The van der Waals surface area contributed by atoms with Crippen LogP contribution in [0.5, 0.6) is 0 Å². The number of allylic oxidation sites excluding steroid dienone is 1. The van der Waals surface area contributed by atoms with Crippen LogP contribution in [0.3, 0.4) is 0 Å². The van der Waals surface area contributed by atoms with Gasteiger partial charge >= 0.3 is 5.97 Å². The molecule has 1 aromatic carbocycles. The number of carboxylic acids is 1. The smallest absolute Gasteiger partial charge is 0.326 e. The highest BCUT2D eigenvalue weighted by Gasteiger charge is 2.19. The first kappa shape index (κ1) is 15.2. The van der Waals surface area contributed by atoms with Gasteiger partial charge in [0.15, 0.2) is 0 Å². The Morgan fingerprint density at radius 2 is 1.89 bits per heavy atom. The number of benzene rings is 1. The molecule has 0 fully saturated rings. The number of hydrogen-bond acceptors (Lipinski definition) is 2. The predicted molar refractivity (Wildman–Crippen MR) is 74.4 cm³/mol. The van der Waals surface area contributed by atoms with Crippen LogP contribution in [0.4, 0.5) is 0 Å². The second-order valence-corrected chi connectivity index (χ2v) is 4.82. The van der Waals surface area contributed by atoms with Crippen molar-refractivity contribution in [1.29, 1.82) is 0 Å². The quantitative estimate of drug-likeness (QED) is 0.816. The molecule has 0 aliphatic rings. The van der Waals surface area contributed by atoms with E-state index in [-0.39, 0.29) is 6.42 Å². The van der Waals surface area contributed by atoms with Crippen molar-refractivity contribution in [3.63, 3.8) is 0 Å². The fraction of sp³-hybridized carbons (Fsp3) is 0.286. The van der Waals surface area contributed by atoms with Gasteiger partial charge in [-0.05, 0) is 44.5 Å². The second-order valence-electron chi connectivity index (χ2n) is 4.39. The number of aliphatic carboxylic acids is 1. The SMILES string of the molecule is CC(C)=CC[C@H](NC(=O)c1ccc(Cl)cc1)C(=O)O. The van der Waals surface area contributed by atoms with Crippen LogP contribution in [-0.4, -0.2) is 23.0 Å². The van der Waals surface area contributed by atoms with Gasteiger partial charge in [0, 0.05) is 10.6 Å². The second kappa shape index (κ2) is 6.95. The van der Waals surface area contributed by atoms with Crippen LogP contribution in [0.2, 0.25) is 5.02 Å². The molecular weight excluding hydrogens is 266 g/mol. The third kappa shape index (κ3) is 5.14. The molecule has 4 nitrogen and oxygen atoms in total. The van der Waals surface area contributed by atoms with E-state index in [9.17, 15) is 9.59 Å². The molecule has 0 unspecified atom stereocenters. The summed E-state index contributed by atoms with van der Waals surface area (Å²) in [5.74, 6) is -1.48. The molecule has 1 aromatic rings. The van der Waals surface area contributed by atoms with Gasteiger partial charge in [0.05, 0.1) is 0 Å². The molecule has 2 N–H and O–H groups in total. The van der Waals surface area contributed by atoms with E-state index in [1.165, 1.54) is 0 Å². The van der Waals surface area contributed by atoms with Gasteiger partial charge < -0.3 is 10.4 Å². The van der Waals surface area contributed by atoms with E-state index >= 15 is 0 Å². The lowest BCUT2D eigenvalue weighted by Gasteiger charge is -2.13. The average molecular weight is 282 g/mol. The summed E-state index contributed by atoms with van der Waals surface area (Å²) in [7, 11) is 0. The normalized spacial score (nSPS) is 11.5. The summed E-state index contributed by atoms with van der Waals surface area (Å²) >= 11 is 5.72. The van der Waals surface area contributed by atoms with Gasteiger partial charge in [-0.1, -0.05) is 23.3 Å². The van der Waals surface area contributed by atoms with Crippen LogP contribution in [0.15, 0.2) is 35.9 Å². The van der Waals surface area contributed by atoms with Crippen LogP contribution in [0, 0.1) is 0 Å². The van der Waals surface area contributed by atoms with Gasteiger partial charge in [0.2, 0.25) is 0 Å². The largest absolute Gasteiger partial charge is 0.480 e. The number of carbonyl (C=O) groups is 2. The summed E-state index contributed by atoms with van der Waals surface area (Å²) in [5.41, 5.74) is 1.39. The maximum atomic E-state index is 11.9. The Morgan fingerprint density at radius 1 is 1.32 bits per heavy atom. The molecular formula is C14H16ClNO3. The third-order valence-electron chi connectivity index (χ3n) is 2.47. The van der Waals surface area contributed by atoms with Crippen molar-refractivity contribution in [3.8, 4) is 0 Å². The average Bonchev–Trinajstić information content (AvgIpc) is 2.34. The van der Waals surface area contributed by atoms with Crippen LogP contribution in [0.1, 0.15) is 30.6 Å². The minimum Gasteiger partial charge on any atom is -0.480 e. The van der Waals surface area contributed by atoms with E-state index in [2.05, 4.69) is 5.32 Å². The Kier molecular flexibility index (Phi) is 5.57. The molecule has 0 radical (unpaired) electrons. The summed E-state index contributed by atoms with van der Waals surface area (Å²) in [6.45, 7) is 3.75. The highest BCUT2D eigenvalue weighted by Crippen LogP contribution is 2.10. The molecule has 0 saturated heterocycles. The first-order valence-corrected chi connectivity index (χ1v) is 6.20. The molecule has 0 saturated carbocycles. The monoisotopic (exact) mass is 281 g/mol. The minimum absolute atomic E-state index is 0.261. The van der Waals surface area contributed by atoms with Gasteiger partial charge in [-0.3, -0.25) is 4.79 Å². The summed E-state index contributed by atoms with van der Waals surface area (Å²) < 4.78 is 0. The predicted octanol–water partition coefficient (Wildman–Crippen LogP) is 2.88. The molecule has 0 aliphatic heterocycles. The molecule has 0 spiro atoms. The number of hydrogen-bond donors (Lipinski definition) is 2. The molecule has 0 heterocycles. The minimum atomic E-state index is -1.06. The Labute approximate surface area is 117 Å². The molecule has 1 atom stereocenters. The summed E-state index contributed by atoms with van der Waals surface area (Å²) in [6.07, 6.45) is 2.04. The standard InChI is InChI=1S/C14H16ClNO3/c1-9(2)3-8-12(14(18)19)16-13(17)10-4-6-11(15)7-5-10/h3-7,12H,8H2,1-2H3,(H,16,17)(H,18,19)/t12-/m0/s1. The van der Waals surface area contributed by atoms with Gasteiger partial charge in [0.25, 0.3) is 5.91 Å². The van der Waals surface area contributed by atoms with E-state index in [1.807, 2.05) is 13.8 Å². The third-order valence-corrected chi connectivity index (χ3v) is 2.72. The Balaban J connectivity index is 2.74. The summed E-state index contributed by atoms with van der Waals surface area (Å²) in [5, 5.41) is 12.1. The molecule has 0 aromatic heterocycles. The number of nitrogens with one attached hydrogen (secondary N) is 1. The van der Waals surface area contributed by atoms with Crippen LogP contribution in [0.25, 0.3) is 0 Å². The molecule has 1 amide bonds. The number of carbonyl (C=O) groups excluding carboxylic acids is 1. The Morgan fingerprint density at radius 3 is 2.37 bits per heavy atom. The highest BCUT2D eigenvalue weighted by atomic mass is 35.5. The zero-order valence-electron chi connectivity index (χ0n) is 10.8. The zero-order valence-corrected chi connectivity index (χ0v) is 11.6. The lowest BCUT2D eigenvalue weighted by Crippen LogP contribution is -2.40. The first-order chi connectivity index (χ1) is 8.90. The van der Waals surface area contributed by atoms with Crippen molar-refractivity contribution >= 4 is 23.5 Å². The van der Waals surface area contributed by atoms with Crippen molar-refractivity contribution in [2.45, 2.75) is 26.3 Å². The van der Waals surface area contributed by atoms with E-state index < -0.39 is 17.9 Å². The van der Waals surface area contributed by atoms with E-state index in [0.29, 0.717) is 10.6 Å². The lowest BCUT2D eigenvalue weighted by molar-refractivity contribution is -0.139. The molecule has 0 aliphatic carbocycles. The molecule has 19 heavy (non-hydrogen) atoms. The maximum Gasteiger partial charge on any atom is 0.326 e. The van der Waals surface area contributed by atoms with Crippen LogP contribution >= 0.6 is 11.6 Å². The fourth-order valence-corrected chi connectivity index (χ4v) is 1.54. The summed E-state index contributed by atoms with van der Waals surface area (Å²) in [4.78, 5) is 22.9. The van der Waals surface area contributed by atoms with E-state index in [4.69, 9.17) is 16.7 Å². The van der Waals surface area contributed by atoms with Gasteiger partial charge in [-0.2, -0.15) is 0 Å². The van der Waals surface area contributed by atoms with E-state index in [0.717, 1.165) is 5.57 Å². The zero-order chi connectivity index (χ0) is 14.4. The number of carboxylic acid groups (broad SMARTS) is 1. The van der Waals surface area contributed by atoms with Crippen LogP contribution < -0.4 is 5.32 Å². The van der Waals surface area contributed by atoms with Crippen molar-refractivity contribution in [2.24, 2.45) is 0 Å². The topological polar surface area (TPSA) is 66.4 Å². The maximum absolute atomic E-state index is 11.9. The summed E-state index contributed by atoms with van der Waals surface area (Å²) in [6, 6.07) is 5.35. The van der Waals surface area contributed by atoms with Crippen LogP contribution in [-0.2, 0) is 4.79 Å².